The maximum atomic E-state index is 12.7. The van der Waals surface area contributed by atoms with Crippen LogP contribution < -0.4 is 5.32 Å². The smallest absolute Gasteiger partial charge is 0.308 e. The van der Waals surface area contributed by atoms with E-state index in [1.165, 1.54) is 12.6 Å². The Balaban J connectivity index is 2.14. The number of thiazole rings is 1. The molecule has 0 spiro atoms. The lowest BCUT2D eigenvalue weighted by atomic mass is 10.1. The maximum Gasteiger partial charge on any atom is 0.443 e. The van der Waals surface area contributed by atoms with Gasteiger partial charge in [0.2, 0.25) is 0 Å². The molecule has 114 valence electrons. The van der Waals surface area contributed by atoms with Crippen molar-refractivity contribution in [2.24, 2.45) is 0 Å². The number of nitrogens with one attached hydrogen (secondary N) is 1. The summed E-state index contributed by atoms with van der Waals surface area (Å²) in [6.07, 6.45) is 1.46. The Bertz CT molecular complexity index is 414. The molecule has 1 fully saturated rings. The minimum Gasteiger partial charge on any atom is -0.308 e. The molecule has 1 N–H and O–H groups in total. The second-order valence-corrected chi connectivity index (χ2v) is 7.31. The fraction of sp³-hybridized carbons (Fsp3) is 0.769. The highest BCUT2D eigenvalue weighted by Gasteiger charge is 2.36. The Labute approximate surface area is 125 Å². The van der Waals surface area contributed by atoms with E-state index in [0.717, 1.165) is 42.9 Å². The van der Waals surface area contributed by atoms with E-state index in [-0.39, 0.29) is 6.04 Å². The Kier molecular flexibility index (Phi) is 5.74. The number of rotatable bonds is 5. The van der Waals surface area contributed by atoms with Gasteiger partial charge >= 0.3 is 6.18 Å². The lowest BCUT2D eigenvalue weighted by Gasteiger charge is -2.29. The van der Waals surface area contributed by atoms with Crippen LogP contribution in [0.5, 0.6) is 0 Å². The van der Waals surface area contributed by atoms with Gasteiger partial charge in [-0.2, -0.15) is 24.9 Å². The molecular formula is C13H19F3N2S2. The van der Waals surface area contributed by atoms with Gasteiger partial charge in [-0.05, 0) is 31.6 Å². The first kappa shape index (κ1) is 16.1. The summed E-state index contributed by atoms with van der Waals surface area (Å²) in [5.41, 5.74) is 0. The third kappa shape index (κ3) is 4.11. The molecule has 1 aromatic heterocycles. The van der Waals surface area contributed by atoms with Gasteiger partial charge in [0, 0.05) is 16.3 Å². The summed E-state index contributed by atoms with van der Waals surface area (Å²) in [5.74, 6) is 1.10. The van der Waals surface area contributed by atoms with Crippen LogP contribution in [0.3, 0.4) is 0 Å². The van der Waals surface area contributed by atoms with Crippen molar-refractivity contribution >= 4 is 23.1 Å². The highest BCUT2D eigenvalue weighted by atomic mass is 32.2. The zero-order valence-corrected chi connectivity index (χ0v) is 13.0. The van der Waals surface area contributed by atoms with Crippen LogP contribution in [0.15, 0.2) is 6.20 Å². The van der Waals surface area contributed by atoms with Gasteiger partial charge in [0.25, 0.3) is 0 Å². The van der Waals surface area contributed by atoms with E-state index in [1.54, 1.807) is 0 Å². The van der Waals surface area contributed by atoms with E-state index in [1.807, 2.05) is 11.8 Å². The summed E-state index contributed by atoms with van der Waals surface area (Å²) >= 11 is 2.65. The van der Waals surface area contributed by atoms with Crippen molar-refractivity contribution in [3.8, 4) is 0 Å². The molecule has 1 aromatic rings. The van der Waals surface area contributed by atoms with Gasteiger partial charge in [0.1, 0.15) is 0 Å². The molecule has 2 atom stereocenters. The van der Waals surface area contributed by atoms with Crippen molar-refractivity contribution in [1.82, 2.24) is 10.3 Å². The van der Waals surface area contributed by atoms with Crippen molar-refractivity contribution in [3.63, 3.8) is 0 Å². The Morgan fingerprint density at radius 1 is 1.45 bits per heavy atom. The Morgan fingerprint density at radius 2 is 2.25 bits per heavy atom. The number of hydrogen-bond donors (Lipinski definition) is 1. The fourth-order valence-electron chi connectivity index (χ4n) is 2.31. The van der Waals surface area contributed by atoms with Crippen molar-refractivity contribution in [2.75, 3.05) is 12.3 Å². The zero-order valence-electron chi connectivity index (χ0n) is 11.4. The van der Waals surface area contributed by atoms with Crippen LogP contribution >= 0.6 is 23.1 Å². The van der Waals surface area contributed by atoms with Gasteiger partial charge in [-0.1, -0.05) is 13.3 Å². The summed E-state index contributed by atoms with van der Waals surface area (Å²) in [6, 6.07) is -0.00569. The van der Waals surface area contributed by atoms with E-state index in [4.69, 9.17) is 0 Å². The predicted molar refractivity (Wildman–Crippen MR) is 78.2 cm³/mol. The summed E-state index contributed by atoms with van der Waals surface area (Å²) in [7, 11) is 0. The lowest BCUT2D eigenvalue weighted by molar-refractivity contribution is -0.137. The van der Waals surface area contributed by atoms with Gasteiger partial charge in [0.15, 0.2) is 5.01 Å². The Morgan fingerprint density at radius 3 is 2.80 bits per heavy atom. The molecule has 2 rings (SSSR count). The second-order valence-electron chi connectivity index (χ2n) is 4.90. The standard InChI is InChI=1S/C13H19F3N2S2/c1-2-6-17-11(9-5-3-4-7-19-9)10-8-18-12(20-10)13(14,15)16/h8-9,11,17H,2-7H2,1H3. The molecule has 2 heterocycles. The molecule has 1 saturated heterocycles. The Hall–Kier alpha value is -0.270. The number of alkyl halides is 3. The van der Waals surface area contributed by atoms with Crippen molar-refractivity contribution in [2.45, 2.75) is 50.1 Å². The van der Waals surface area contributed by atoms with E-state index in [2.05, 4.69) is 17.2 Å². The lowest BCUT2D eigenvalue weighted by Crippen LogP contribution is -2.31. The third-order valence-electron chi connectivity index (χ3n) is 3.27. The van der Waals surface area contributed by atoms with Gasteiger partial charge in [-0.25, -0.2) is 4.98 Å². The first-order chi connectivity index (χ1) is 9.52. The average molecular weight is 324 g/mol. The topological polar surface area (TPSA) is 24.9 Å². The number of nitrogens with zero attached hydrogens (tertiary/aromatic N) is 1. The molecule has 0 bridgehead atoms. The molecule has 0 aromatic carbocycles. The molecule has 2 unspecified atom stereocenters. The molecular weight excluding hydrogens is 305 g/mol. The van der Waals surface area contributed by atoms with Crippen LogP contribution in [-0.2, 0) is 6.18 Å². The monoisotopic (exact) mass is 324 g/mol. The van der Waals surface area contributed by atoms with Crippen LogP contribution in [0.25, 0.3) is 0 Å². The molecule has 20 heavy (non-hydrogen) atoms. The number of halogens is 3. The molecule has 1 aliphatic heterocycles. The van der Waals surface area contributed by atoms with Crippen LogP contribution in [0.4, 0.5) is 13.2 Å². The number of aromatic nitrogens is 1. The van der Waals surface area contributed by atoms with Gasteiger partial charge < -0.3 is 5.32 Å². The van der Waals surface area contributed by atoms with Crippen molar-refractivity contribution in [3.05, 3.63) is 16.1 Å². The summed E-state index contributed by atoms with van der Waals surface area (Å²) < 4.78 is 38.0. The van der Waals surface area contributed by atoms with E-state index in [0.29, 0.717) is 10.1 Å². The van der Waals surface area contributed by atoms with Crippen LogP contribution in [0, 0.1) is 0 Å². The molecule has 1 aliphatic rings. The summed E-state index contributed by atoms with van der Waals surface area (Å²) in [6.45, 7) is 2.88. The summed E-state index contributed by atoms with van der Waals surface area (Å²) in [4.78, 5) is 4.27. The third-order valence-corrected chi connectivity index (χ3v) is 5.86. The highest BCUT2D eigenvalue weighted by Crippen LogP contribution is 2.39. The zero-order chi connectivity index (χ0) is 14.6. The number of thioether (sulfide) groups is 1. The minimum atomic E-state index is -4.34. The minimum absolute atomic E-state index is 0.00569. The molecule has 2 nitrogen and oxygen atoms in total. The molecule has 0 saturated carbocycles. The first-order valence-corrected chi connectivity index (χ1v) is 8.76. The largest absolute Gasteiger partial charge is 0.443 e. The van der Waals surface area contributed by atoms with E-state index >= 15 is 0 Å². The highest BCUT2D eigenvalue weighted by molar-refractivity contribution is 8.00. The number of hydrogen-bond acceptors (Lipinski definition) is 4. The first-order valence-electron chi connectivity index (χ1n) is 6.90. The normalized spacial score (nSPS) is 21.9. The van der Waals surface area contributed by atoms with Gasteiger partial charge in [-0.15, -0.1) is 11.3 Å². The van der Waals surface area contributed by atoms with Crippen molar-refractivity contribution < 1.29 is 13.2 Å². The predicted octanol–water partition coefficient (Wildman–Crippen LogP) is 4.49. The second kappa shape index (κ2) is 7.13. The fourth-order valence-corrected chi connectivity index (χ4v) is 4.76. The average Bonchev–Trinajstić information content (AvgIpc) is 2.90. The van der Waals surface area contributed by atoms with Crippen LogP contribution in [0.1, 0.15) is 48.5 Å². The maximum absolute atomic E-state index is 12.7. The van der Waals surface area contributed by atoms with Crippen LogP contribution in [0.2, 0.25) is 0 Å². The molecule has 0 radical (unpaired) electrons. The van der Waals surface area contributed by atoms with Crippen molar-refractivity contribution in [1.29, 1.82) is 0 Å². The van der Waals surface area contributed by atoms with E-state index in [9.17, 15) is 13.2 Å². The molecule has 0 aliphatic carbocycles. The summed E-state index contributed by atoms with van der Waals surface area (Å²) in [5, 5.41) is 3.02. The molecule has 0 amide bonds. The SMILES string of the molecule is CCCNC(c1cnc(C(F)(F)F)s1)C1CCCCS1. The molecule has 7 heteroatoms. The van der Waals surface area contributed by atoms with Gasteiger partial charge in [0.05, 0.1) is 6.04 Å². The quantitative estimate of drug-likeness (QED) is 0.864. The van der Waals surface area contributed by atoms with E-state index < -0.39 is 11.2 Å². The van der Waals surface area contributed by atoms with Crippen LogP contribution in [-0.4, -0.2) is 22.5 Å². The van der Waals surface area contributed by atoms with Gasteiger partial charge in [-0.3, -0.25) is 0 Å².